The third-order valence-corrected chi connectivity index (χ3v) is 3.07. The van der Waals surface area contributed by atoms with Crippen LogP contribution in [0.5, 0.6) is 5.75 Å². The van der Waals surface area contributed by atoms with Crippen LogP contribution in [0.25, 0.3) is 0 Å². The predicted octanol–water partition coefficient (Wildman–Crippen LogP) is 3.09. The van der Waals surface area contributed by atoms with Crippen LogP contribution in [-0.4, -0.2) is 13.0 Å². The highest BCUT2D eigenvalue weighted by Gasteiger charge is 2.14. The quantitative estimate of drug-likeness (QED) is 0.918. The fourth-order valence-corrected chi connectivity index (χ4v) is 1.87. The molecular weight excluding hydrogens is 242 g/mol. The van der Waals surface area contributed by atoms with E-state index in [2.05, 4.69) is 5.32 Å². The lowest BCUT2D eigenvalue weighted by Crippen LogP contribution is -2.26. The Bertz CT molecular complexity index is 557. The topological polar surface area (TPSA) is 51.5 Å². The van der Waals surface area contributed by atoms with E-state index in [4.69, 9.17) is 9.15 Å². The lowest BCUT2D eigenvalue weighted by atomic mass is 10.1. The smallest absolute Gasteiger partial charge is 0.255 e. The van der Waals surface area contributed by atoms with Gasteiger partial charge in [0.15, 0.2) is 0 Å². The molecule has 19 heavy (non-hydrogen) atoms. The van der Waals surface area contributed by atoms with E-state index in [9.17, 15) is 4.79 Å². The summed E-state index contributed by atoms with van der Waals surface area (Å²) in [7, 11) is 1.63. The number of carbonyl (C=O) groups excluding carboxylic acids is 1. The Hall–Kier alpha value is -2.23. The van der Waals surface area contributed by atoms with Crippen LogP contribution in [0.15, 0.2) is 41.0 Å². The summed E-state index contributed by atoms with van der Waals surface area (Å²) < 4.78 is 10.2. The van der Waals surface area contributed by atoms with Gasteiger partial charge in [0.1, 0.15) is 11.5 Å². The molecule has 1 aromatic heterocycles. The first kappa shape index (κ1) is 13.2. The largest absolute Gasteiger partial charge is 0.497 e. The van der Waals surface area contributed by atoms with E-state index in [0.29, 0.717) is 11.3 Å². The molecule has 4 heteroatoms. The van der Waals surface area contributed by atoms with Gasteiger partial charge in [0.05, 0.1) is 25.0 Å². The Labute approximate surface area is 112 Å². The van der Waals surface area contributed by atoms with Gasteiger partial charge in [0.2, 0.25) is 0 Å². The van der Waals surface area contributed by atoms with Crippen LogP contribution in [0, 0.1) is 6.92 Å². The molecule has 0 bridgehead atoms. The summed E-state index contributed by atoms with van der Waals surface area (Å²) in [4.78, 5) is 12.0. The van der Waals surface area contributed by atoms with Gasteiger partial charge in [-0.1, -0.05) is 12.1 Å². The number of rotatable bonds is 4. The SMILES string of the molecule is COc1ccc([C@@H](C)NC(=O)c2ccoc2C)cc1. The van der Waals surface area contributed by atoms with Crippen LogP contribution in [0.1, 0.15) is 34.6 Å². The molecule has 0 aliphatic rings. The van der Waals surface area contributed by atoms with Crippen molar-refractivity contribution in [3.8, 4) is 5.75 Å². The van der Waals surface area contributed by atoms with Gasteiger partial charge in [0, 0.05) is 0 Å². The lowest BCUT2D eigenvalue weighted by molar-refractivity contribution is 0.0938. The summed E-state index contributed by atoms with van der Waals surface area (Å²) in [6.45, 7) is 3.71. The summed E-state index contributed by atoms with van der Waals surface area (Å²) >= 11 is 0. The Balaban J connectivity index is 2.06. The van der Waals surface area contributed by atoms with Crippen LogP contribution in [0.4, 0.5) is 0 Å². The molecule has 0 aliphatic heterocycles. The van der Waals surface area contributed by atoms with Gasteiger partial charge in [-0.05, 0) is 37.6 Å². The van der Waals surface area contributed by atoms with Crippen molar-refractivity contribution in [1.29, 1.82) is 0 Å². The number of furan rings is 1. The van der Waals surface area contributed by atoms with Crippen molar-refractivity contribution in [3.05, 3.63) is 53.5 Å². The minimum atomic E-state index is -0.130. The molecule has 1 N–H and O–H groups in total. The Kier molecular flexibility index (Phi) is 3.90. The first-order valence-electron chi connectivity index (χ1n) is 6.10. The monoisotopic (exact) mass is 259 g/mol. The maximum Gasteiger partial charge on any atom is 0.255 e. The summed E-state index contributed by atoms with van der Waals surface area (Å²) in [5.41, 5.74) is 1.59. The molecular formula is C15H17NO3. The first-order valence-corrected chi connectivity index (χ1v) is 6.10. The van der Waals surface area contributed by atoms with E-state index >= 15 is 0 Å². The van der Waals surface area contributed by atoms with Gasteiger partial charge in [-0.3, -0.25) is 4.79 Å². The van der Waals surface area contributed by atoms with Gasteiger partial charge < -0.3 is 14.5 Å². The Morgan fingerprint density at radius 2 is 1.95 bits per heavy atom. The average Bonchev–Trinajstić information content (AvgIpc) is 2.85. The number of aryl methyl sites for hydroxylation is 1. The molecule has 1 aromatic carbocycles. The number of nitrogens with one attached hydrogen (secondary N) is 1. The fraction of sp³-hybridized carbons (Fsp3) is 0.267. The van der Waals surface area contributed by atoms with E-state index in [1.807, 2.05) is 31.2 Å². The second kappa shape index (κ2) is 5.61. The number of ether oxygens (including phenoxy) is 1. The third kappa shape index (κ3) is 2.96. The van der Waals surface area contributed by atoms with Gasteiger partial charge >= 0.3 is 0 Å². The first-order chi connectivity index (χ1) is 9.11. The van der Waals surface area contributed by atoms with Crippen molar-refractivity contribution >= 4 is 5.91 Å². The normalized spacial score (nSPS) is 11.9. The molecule has 0 unspecified atom stereocenters. The molecule has 100 valence electrons. The van der Waals surface area contributed by atoms with Crippen molar-refractivity contribution < 1.29 is 13.9 Å². The van der Waals surface area contributed by atoms with E-state index < -0.39 is 0 Å². The average molecular weight is 259 g/mol. The number of methoxy groups -OCH3 is 1. The fourth-order valence-electron chi connectivity index (χ4n) is 1.87. The number of hydrogen-bond acceptors (Lipinski definition) is 3. The van der Waals surface area contributed by atoms with E-state index in [1.54, 1.807) is 20.1 Å². The van der Waals surface area contributed by atoms with Crippen molar-refractivity contribution in [1.82, 2.24) is 5.32 Å². The van der Waals surface area contributed by atoms with Gasteiger partial charge in [0.25, 0.3) is 5.91 Å². The van der Waals surface area contributed by atoms with Gasteiger partial charge in [-0.2, -0.15) is 0 Å². The lowest BCUT2D eigenvalue weighted by Gasteiger charge is -2.14. The number of amides is 1. The minimum absolute atomic E-state index is 0.0762. The summed E-state index contributed by atoms with van der Waals surface area (Å²) in [5.74, 6) is 1.29. The van der Waals surface area contributed by atoms with Crippen LogP contribution in [-0.2, 0) is 0 Å². The zero-order valence-corrected chi connectivity index (χ0v) is 11.3. The molecule has 1 amide bonds. The minimum Gasteiger partial charge on any atom is -0.497 e. The number of benzene rings is 1. The third-order valence-electron chi connectivity index (χ3n) is 3.07. The van der Waals surface area contributed by atoms with Crippen LogP contribution in [0.2, 0.25) is 0 Å². The van der Waals surface area contributed by atoms with Gasteiger partial charge in [-0.25, -0.2) is 0 Å². The summed E-state index contributed by atoms with van der Waals surface area (Å²) in [6.07, 6.45) is 1.52. The zero-order chi connectivity index (χ0) is 13.8. The second-order valence-corrected chi connectivity index (χ2v) is 4.36. The number of hydrogen-bond donors (Lipinski definition) is 1. The highest BCUT2D eigenvalue weighted by atomic mass is 16.5. The molecule has 0 fully saturated rings. The Morgan fingerprint density at radius 3 is 2.47 bits per heavy atom. The molecule has 0 radical (unpaired) electrons. The van der Waals surface area contributed by atoms with Crippen molar-refractivity contribution in [2.75, 3.05) is 7.11 Å². The van der Waals surface area contributed by atoms with Crippen molar-refractivity contribution in [3.63, 3.8) is 0 Å². The van der Waals surface area contributed by atoms with E-state index in [-0.39, 0.29) is 11.9 Å². The Morgan fingerprint density at radius 1 is 1.26 bits per heavy atom. The summed E-state index contributed by atoms with van der Waals surface area (Å²) in [5, 5.41) is 2.94. The molecule has 2 rings (SSSR count). The second-order valence-electron chi connectivity index (χ2n) is 4.36. The molecule has 1 atom stereocenters. The molecule has 2 aromatic rings. The highest BCUT2D eigenvalue weighted by molar-refractivity contribution is 5.95. The van der Waals surface area contributed by atoms with Crippen molar-refractivity contribution in [2.45, 2.75) is 19.9 Å². The molecule has 0 spiro atoms. The van der Waals surface area contributed by atoms with Crippen LogP contribution < -0.4 is 10.1 Å². The molecule has 0 saturated carbocycles. The maximum absolute atomic E-state index is 12.0. The maximum atomic E-state index is 12.0. The van der Waals surface area contributed by atoms with E-state index in [1.165, 1.54) is 6.26 Å². The zero-order valence-electron chi connectivity index (χ0n) is 11.3. The molecule has 1 heterocycles. The van der Waals surface area contributed by atoms with Crippen molar-refractivity contribution in [2.24, 2.45) is 0 Å². The number of carbonyl (C=O) groups is 1. The van der Waals surface area contributed by atoms with E-state index in [0.717, 1.165) is 11.3 Å². The van der Waals surface area contributed by atoms with Gasteiger partial charge in [-0.15, -0.1) is 0 Å². The molecule has 4 nitrogen and oxygen atoms in total. The van der Waals surface area contributed by atoms with Crippen LogP contribution >= 0.6 is 0 Å². The predicted molar refractivity (Wildman–Crippen MR) is 72.3 cm³/mol. The molecule has 0 aliphatic carbocycles. The molecule has 0 saturated heterocycles. The summed E-state index contributed by atoms with van der Waals surface area (Å²) in [6, 6.07) is 9.22. The highest BCUT2D eigenvalue weighted by Crippen LogP contribution is 2.18. The standard InChI is InChI=1S/C15H17NO3/c1-10(12-4-6-13(18-3)7-5-12)16-15(17)14-8-9-19-11(14)2/h4-10H,1-3H3,(H,16,17)/t10-/m1/s1. The van der Waals surface area contributed by atoms with Crippen LogP contribution in [0.3, 0.4) is 0 Å².